The van der Waals surface area contributed by atoms with Crippen LogP contribution in [0, 0.1) is 18.7 Å². The number of halogens is 1. The first-order chi connectivity index (χ1) is 15.5. The molecule has 0 aliphatic carbocycles. The minimum absolute atomic E-state index is 0.00186. The van der Waals surface area contributed by atoms with Crippen LogP contribution in [-0.2, 0) is 13.5 Å². The Morgan fingerprint density at radius 2 is 1.97 bits per heavy atom. The fraction of sp³-hybridized carbons (Fsp3) is 0.346. The van der Waals surface area contributed by atoms with Crippen LogP contribution in [0.4, 0.5) is 4.39 Å². The standard InChI is InChI=1S/C26H26FN3O2/c1-16-3-5-21-23(28-16)6-8-25-26(21)32-20(15-31-25)14-30-11-17(12-30)9-18-13-29(2)24-7-4-19(27)10-22(18)24/h3-8,10,13,17,20H,9,11-12,14-15H2,1-2H3. The monoisotopic (exact) mass is 431 g/mol. The molecule has 4 heterocycles. The van der Waals surface area contributed by atoms with E-state index in [0.29, 0.717) is 12.5 Å². The summed E-state index contributed by atoms with van der Waals surface area (Å²) in [5.41, 5.74) is 4.24. The summed E-state index contributed by atoms with van der Waals surface area (Å²) in [5, 5.41) is 2.03. The van der Waals surface area contributed by atoms with E-state index in [1.807, 2.05) is 38.2 Å². The van der Waals surface area contributed by atoms with Gasteiger partial charge in [0.15, 0.2) is 11.5 Å². The summed E-state index contributed by atoms with van der Waals surface area (Å²) in [4.78, 5) is 7.02. The molecule has 5 nitrogen and oxygen atoms in total. The van der Waals surface area contributed by atoms with Gasteiger partial charge in [0.25, 0.3) is 0 Å². The Labute approximate surface area is 186 Å². The Balaban J connectivity index is 1.10. The highest BCUT2D eigenvalue weighted by molar-refractivity contribution is 5.88. The van der Waals surface area contributed by atoms with Gasteiger partial charge >= 0.3 is 0 Å². The van der Waals surface area contributed by atoms with Gasteiger partial charge in [0.05, 0.1) is 5.52 Å². The lowest BCUT2D eigenvalue weighted by Crippen LogP contribution is -2.52. The highest BCUT2D eigenvalue weighted by Crippen LogP contribution is 2.39. The minimum Gasteiger partial charge on any atom is -0.486 e. The molecule has 2 aromatic carbocycles. The molecule has 2 aliphatic rings. The quantitative estimate of drug-likeness (QED) is 0.477. The first-order valence-corrected chi connectivity index (χ1v) is 11.2. The van der Waals surface area contributed by atoms with Gasteiger partial charge in [-0.25, -0.2) is 4.39 Å². The van der Waals surface area contributed by atoms with Crippen LogP contribution < -0.4 is 9.47 Å². The third-order valence-corrected chi connectivity index (χ3v) is 6.67. The van der Waals surface area contributed by atoms with Crippen molar-refractivity contribution in [3.8, 4) is 11.5 Å². The average molecular weight is 432 g/mol. The van der Waals surface area contributed by atoms with Gasteiger partial charge in [0, 0.05) is 54.9 Å². The number of hydrogen-bond acceptors (Lipinski definition) is 4. The summed E-state index contributed by atoms with van der Waals surface area (Å²) in [6, 6.07) is 13.1. The van der Waals surface area contributed by atoms with Crippen LogP contribution in [0.2, 0.25) is 0 Å². The van der Waals surface area contributed by atoms with Gasteiger partial charge in [-0.1, -0.05) is 0 Å². The smallest absolute Gasteiger partial charge is 0.171 e. The zero-order chi connectivity index (χ0) is 21.8. The summed E-state index contributed by atoms with van der Waals surface area (Å²) in [6.45, 7) is 5.44. The number of fused-ring (bicyclic) bond motifs is 4. The fourth-order valence-corrected chi connectivity index (χ4v) is 5.13. The largest absolute Gasteiger partial charge is 0.486 e. The molecule has 6 heteroatoms. The lowest BCUT2D eigenvalue weighted by molar-refractivity contribution is 0.0176. The molecule has 1 atom stereocenters. The molecule has 2 aromatic heterocycles. The van der Waals surface area contributed by atoms with E-state index in [4.69, 9.17) is 9.47 Å². The molecular formula is C26H26FN3O2. The molecule has 0 spiro atoms. The predicted octanol–water partition coefficient (Wildman–Crippen LogP) is 4.49. The number of hydrogen-bond donors (Lipinski definition) is 0. The maximum absolute atomic E-state index is 13.8. The second-order valence-corrected chi connectivity index (χ2v) is 9.18. The topological polar surface area (TPSA) is 39.5 Å². The highest BCUT2D eigenvalue weighted by atomic mass is 19.1. The summed E-state index contributed by atoms with van der Waals surface area (Å²) < 4.78 is 28.2. The molecule has 0 amide bonds. The average Bonchev–Trinajstić information content (AvgIpc) is 3.06. The van der Waals surface area contributed by atoms with E-state index in [9.17, 15) is 4.39 Å². The molecule has 0 N–H and O–H groups in total. The van der Waals surface area contributed by atoms with Gasteiger partial charge < -0.3 is 14.0 Å². The minimum atomic E-state index is -0.173. The molecule has 164 valence electrons. The van der Waals surface area contributed by atoms with Crippen LogP contribution >= 0.6 is 0 Å². The van der Waals surface area contributed by atoms with Gasteiger partial charge in [0.1, 0.15) is 18.5 Å². The molecule has 0 radical (unpaired) electrons. The van der Waals surface area contributed by atoms with Gasteiger partial charge in [-0.2, -0.15) is 0 Å². The van der Waals surface area contributed by atoms with E-state index in [-0.39, 0.29) is 11.9 Å². The predicted molar refractivity (Wildman–Crippen MR) is 123 cm³/mol. The van der Waals surface area contributed by atoms with E-state index < -0.39 is 0 Å². The zero-order valence-corrected chi connectivity index (χ0v) is 18.3. The zero-order valence-electron chi connectivity index (χ0n) is 18.3. The summed E-state index contributed by atoms with van der Waals surface area (Å²) in [7, 11) is 2.02. The lowest BCUT2D eigenvalue weighted by Gasteiger charge is -2.41. The fourth-order valence-electron chi connectivity index (χ4n) is 5.13. The summed E-state index contributed by atoms with van der Waals surface area (Å²) in [5.74, 6) is 2.01. The molecule has 0 bridgehead atoms. The van der Waals surface area contributed by atoms with Crippen molar-refractivity contribution in [3.05, 3.63) is 65.7 Å². The van der Waals surface area contributed by atoms with Crippen molar-refractivity contribution in [3.63, 3.8) is 0 Å². The van der Waals surface area contributed by atoms with Crippen molar-refractivity contribution in [1.82, 2.24) is 14.5 Å². The van der Waals surface area contributed by atoms with Crippen molar-refractivity contribution in [1.29, 1.82) is 0 Å². The molecule has 1 unspecified atom stereocenters. The maximum Gasteiger partial charge on any atom is 0.171 e. The van der Waals surface area contributed by atoms with Crippen molar-refractivity contribution in [2.24, 2.45) is 13.0 Å². The van der Waals surface area contributed by atoms with Crippen LogP contribution in [0.1, 0.15) is 11.3 Å². The van der Waals surface area contributed by atoms with Crippen molar-refractivity contribution in [2.45, 2.75) is 19.4 Å². The van der Waals surface area contributed by atoms with Crippen LogP contribution in [-0.4, -0.2) is 46.8 Å². The number of aromatic nitrogens is 2. The van der Waals surface area contributed by atoms with E-state index >= 15 is 0 Å². The molecule has 6 rings (SSSR count). The summed E-state index contributed by atoms with van der Waals surface area (Å²) in [6.07, 6.45) is 3.11. The third-order valence-electron chi connectivity index (χ3n) is 6.67. The molecule has 2 aliphatic heterocycles. The van der Waals surface area contributed by atoms with Gasteiger partial charge in [0.2, 0.25) is 0 Å². The van der Waals surface area contributed by atoms with Gasteiger partial charge in [-0.3, -0.25) is 9.88 Å². The maximum atomic E-state index is 13.8. The second kappa shape index (κ2) is 7.48. The van der Waals surface area contributed by atoms with Crippen LogP contribution in [0.25, 0.3) is 21.8 Å². The molecular weight excluding hydrogens is 405 g/mol. The molecule has 32 heavy (non-hydrogen) atoms. The Morgan fingerprint density at radius 3 is 2.84 bits per heavy atom. The van der Waals surface area contributed by atoms with Crippen molar-refractivity contribution in [2.75, 3.05) is 26.2 Å². The van der Waals surface area contributed by atoms with Crippen LogP contribution in [0.3, 0.4) is 0 Å². The number of aryl methyl sites for hydroxylation is 2. The molecule has 0 saturated carbocycles. The van der Waals surface area contributed by atoms with E-state index in [2.05, 4.69) is 26.7 Å². The van der Waals surface area contributed by atoms with E-state index in [1.54, 1.807) is 6.07 Å². The number of pyridine rings is 1. The number of benzene rings is 2. The first-order valence-electron chi connectivity index (χ1n) is 11.2. The van der Waals surface area contributed by atoms with Crippen molar-refractivity contribution < 1.29 is 13.9 Å². The Hall–Kier alpha value is -3.12. The van der Waals surface area contributed by atoms with Crippen molar-refractivity contribution >= 4 is 21.8 Å². The molecule has 4 aromatic rings. The summed E-state index contributed by atoms with van der Waals surface area (Å²) >= 11 is 0. The normalized spacial score (nSPS) is 18.9. The molecule has 1 saturated heterocycles. The van der Waals surface area contributed by atoms with Gasteiger partial charge in [-0.05, 0) is 67.3 Å². The van der Waals surface area contributed by atoms with E-state index in [1.165, 1.54) is 11.6 Å². The third kappa shape index (κ3) is 3.39. The molecule has 1 fully saturated rings. The highest BCUT2D eigenvalue weighted by Gasteiger charge is 2.32. The second-order valence-electron chi connectivity index (χ2n) is 9.18. The Bertz CT molecular complexity index is 1330. The Kier molecular flexibility index (Phi) is 4.57. The van der Waals surface area contributed by atoms with Crippen LogP contribution in [0.5, 0.6) is 11.5 Å². The van der Waals surface area contributed by atoms with Gasteiger partial charge in [-0.15, -0.1) is 0 Å². The lowest BCUT2D eigenvalue weighted by atomic mass is 9.91. The SMILES string of the molecule is Cc1ccc2c3c(ccc2n1)OCC(CN1CC(Cc2cn(C)c4ccc(F)cc24)C1)O3. The number of rotatable bonds is 4. The van der Waals surface area contributed by atoms with Crippen LogP contribution in [0.15, 0.2) is 48.7 Å². The number of likely N-dealkylation sites (tertiary alicyclic amines) is 1. The number of ether oxygens (including phenoxy) is 2. The Morgan fingerprint density at radius 1 is 1.09 bits per heavy atom. The first kappa shape index (κ1) is 19.6. The number of nitrogens with zero attached hydrogens (tertiary/aromatic N) is 3. The van der Waals surface area contributed by atoms with E-state index in [0.717, 1.165) is 65.1 Å².